The number of aromatic nitrogens is 2. The van der Waals surface area contributed by atoms with Crippen molar-refractivity contribution in [2.75, 3.05) is 27.2 Å². The van der Waals surface area contributed by atoms with Crippen molar-refractivity contribution in [2.24, 2.45) is 5.92 Å². The van der Waals surface area contributed by atoms with Gasteiger partial charge in [-0.05, 0) is 31.5 Å². The van der Waals surface area contributed by atoms with E-state index in [1.165, 1.54) is 15.9 Å². The predicted molar refractivity (Wildman–Crippen MR) is 91.7 cm³/mol. The molecule has 0 N–H and O–H groups in total. The lowest BCUT2D eigenvalue weighted by atomic mass is 10.1. The quantitative estimate of drug-likeness (QED) is 0.844. The Kier molecular flexibility index (Phi) is 4.50. The van der Waals surface area contributed by atoms with E-state index in [0.717, 1.165) is 17.9 Å². The number of aryl methyl sites for hydroxylation is 1. The minimum Gasteiger partial charge on any atom is -0.341 e. The molecule has 3 rings (SSSR count). The van der Waals surface area contributed by atoms with Crippen LogP contribution in [0.15, 0.2) is 22.6 Å². The summed E-state index contributed by atoms with van der Waals surface area (Å²) in [5, 5.41) is 2.49. The van der Waals surface area contributed by atoms with E-state index in [2.05, 4.69) is 30.9 Å². The van der Waals surface area contributed by atoms with E-state index in [4.69, 9.17) is 0 Å². The van der Waals surface area contributed by atoms with Gasteiger partial charge in [0.15, 0.2) is 0 Å². The van der Waals surface area contributed by atoms with Gasteiger partial charge < -0.3 is 9.80 Å². The average molecular weight is 334 g/mol. The molecule has 6 nitrogen and oxygen atoms in total. The second-order valence-corrected chi connectivity index (χ2v) is 7.33. The fourth-order valence-electron chi connectivity index (χ4n) is 3.25. The van der Waals surface area contributed by atoms with Gasteiger partial charge in [-0.3, -0.25) is 14.2 Å². The van der Waals surface area contributed by atoms with Crippen LogP contribution in [0.4, 0.5) is 0 Å². The van der Waals surface area contributed by atoms with Gasteiger partial charge in [-0.2, -0.15) is 0 Å². The van der Waals surface area contributed by atoms with Crippen molar-refractivity contribution >= 4 is 27.5 Å². The molecule has 0 radical (unpaired) electrons. The first-order chi connectivity index (χ1) is 11.0. The number of likely N-dealkylation sites (N-methyl/N-ethyl adjacent to an activating group) is 1. The summed E-state index contributed by atoms with van der Waals surface area (Å²) in [4.78, 5) is 33.9. The summed E-state index contributed by atoms with van der Waals surface area (Å²) in [6.45, 7) is 4.12. The number of hydrogen-bond acceptors (Lipinski definition) is 5. The molecule has 23 heavy (non-hydrogen) atoms. The smallest absolute Gasteiger partial charge is 0.262 e. The van der Waals surface area contributed by atoms with Gasteiger partial charge in [0.05, 0.1) is 11.7 Å². The van der Waals surface area contributed by atoms with Crippen LogP contribution < -0.4 is 5.56 Å². The first-order valence-corrected chi connectivity index (χ1v) is 8.72. The molecule has 0 saturated carbocycles. The Hall–Kier alpha value is -1.73. The number of carbonyl (C=O) groups excluding carboxylic acids is 1. The molecule has 0 spiro atoms. The van der Waals surface area contributed by atoms with E-state index in [-0.39, 0.29) is 11.5 Å². The zero-order valence-corrected chi connectivity index (χ0v) is 14.5. The van der Waals surface area contributed by atoms with Crippen LogP contribution in [-0.2, 0) is 11.3 Å². The van der Waals surface area contributed by atoms with Crippen molar-refractivity contribution in [1.82, 2.24) is 19.4 Å². The number of thiophene rings is 1. The summed E-state index contributed by atoms with van der Waals surface area (Å²) in [5.74, 6) is 0.582. The van der Waals surface area contributed by atoms with Crippen LogP contribution in [0, 0.1) is 5.92 Å². The summed E-state index contributed by atoms with van der Waals surface area (Å²) in [6, 6.07) is 2.20. The van der Waals surface area contributed by atoms with Crippen molar-refractivity contribution < 1.29 is 4.79 Å². The Morgan fingerprint density at radius 2 is 2.22 bits per heavy atom. The third-order valence-electron chi connectivity index (χ3n) is 4.61. The molecule has 0 unspecified atom stereocenters. The molecular formula is C16H22N4O2S. The summed E-state index contributed by atoms with van der Waals surface area (Å²) in [6.07, 6.45) is 1.88. The van der Waals surface area contributed by atoms with Gasteiger partial charge in [-0.25, -0.2) is 4.98 Å². The van der Waals surface area contributed by atoms with Crippen molar-refractivity contribution in [3.63, 3.8) is 0 Å². The molecule has 1 aliphatic rings. The van der Waals surface area contributed by atoms with Gasteiger partial charge in [-0.1, -0.05) is 6.92 Å². The standard InChI is InChI=1S/C16H22N4O2S/c1-11-8-20(9-13(11)18(2)3)14(21)4-6-19-10-17-15-12(16(19)22)5-7-23-15/h5,7,10-11,13H,4,6,8-9H2,1-3H3/t11-,13-/m0/s1. The lowest BCUT2D eigenvalue weighted by Gasteiger charge is -2.22. The van der Waals surface area contributed by atoms with Crippen LogP contribution in [0.2, 0.25) is 0 Å². The fourth-order valence-corrected chi connectivity index (χ4v) is 3.98. The molecule has 2 atom stereocenters. The Labute approximate surface area is 139 Å². The summed E-state index contributed by atoms with van der Waals surface area (Å²) in [5.41, 5.74) is -0.0648. The minimum absolute atomic E-state index is 0.0648. The fraction of sp³-hybridized carbons (Fsp3) is 0.562. The zero-order valence-electron chi connectivity index (χ0n) is 13.7. The van der Waals surface area contributed by atoms with Crippen molar-refractivity contribution in [1.29, 1.82) is 0 Å². The molecule has 0 aromatic carbocycles. The highest BCUT2D eigenvalue weighted by Gasteiger charge is 2.33. The number of fused-ring (bicyclic) bond motifs is 1. The van der Waals surface area contributed by atoms with Gasteiger partial charge in [0.1, 0.15) is 4.83 Å². The van der Waals surface area contributed by atoms with E-state index in [1.807, 2.05) is 10.3 Å². The molecule has 3 heterocycles. The molecule has 124 valence electrons. The Bertz CT molecular complexity index is 767. The monoisotopic (exact) mass is 334 g/mol. The zero-order chi connectivity index (χ0) is 16.6. The molecule has 2 aromatic rings. The average Bonchev–Trinajstić information content (AvgIpc) is 3.13. The lowest BCUT2D eigenvalue weighted by molar-refractivity contribution is -0.130. The van der Waals surface area contributed by atoms with Crippen LogP contribution in [0.5, 0.6) is 0 Å². The van der Waals surface area contributed by atoms with Crippen LogP contribution >= 0.6 is 11.3 Å². The van der Waals surface area contributed by atoms with E-state index in [1.54, 1.807) is 12.4 Å². The second kappa shape index (κ2) is 6.41. The van der Waals surface area contributed by atoms with Crippen molar-refractivity contribution in [3.05, 3.63) is 28.1 Å². The van der Waals surface area contributed by atoms with E-state index < -0.39 is 0 Å². The Balaban J connectivity index is 1.65. The predicted octanol–water partition coefficient (Wildman–Crippen LogP) is 1.26. The van der Waals surface area contributed by atoms with Gasteiger partial charge >= 0.3 is 0 Å². The van der Waals surface area contributed by atoms with Gasteiger partial charge in [0.25, 0.3) is 5.56 Å². The molecule has 1 amide bonds. The number of rotatable bonds is 4. The van der Waals surface area contributed by atoms with E-state index >= 15 is 0 Å². The molecule has 7 heteroatoms. The number of likely N-dealkylation sites (tertiary alicyclic amines) is 1. The molecule has 0 bridgehead atoms. The highest BCUT2D eigenvalue weighted by Crippen LogP contribution is 2.20. The maximum Gasteiger partial charge on any atom is 0.262 e. The highest BCUT2D eigenvalue weighted by atomic mass is 32.1. The maximum absolute atomic E-state index is 12.4. The van der Waals surface area contributed by atoms with Crippen LogP contribution in [-0.4, -0.2) is 58.5 Å². The van der Waals surface area contributed by atoms with Gasteiger partial charge in [0.2, 0.25) is 5.91 Å². The van der Waals surface area contributed by atoms with Gasteiger partial charge in [-0.15, -0.1) is 11.3 Å². The lowest BCUT2D eigenvalue weighted by Crippen LogP contribution is -2.36. The molecule has 0 aliphatic carbocycles. The number of carbonyl (C=O) groups is 1. The summed E-state index contributed by atoms with van der Waals surface area (Å²) >= 11 is 1.45. The van der Waals surface area contributed by atoms with Crippen LogP contribution in [0.3, 0.4) is 0 Å². The summed E-state index contributed by atoms with van der Waals surface area (Å²) in [7, 11) is 4.10. The maximum atomic E-state index is 12.4. The molecule has 2 aromatic heterocycles. The topological polar surface area (TPSA) is 58.4 Å². The molecule has 1 fully saturated rings. The van der Waals surface area contributed by atoms with Crippen LogP contribution in [0.1, 0.15) is 13.3 Å². The third kappa shape index (κ3) is 3.16. The van der Waals surface area contributed by atoms with E-state index in [9.17, 15) is 9.59 Å². The highest BCUT2D eigenvalue weighted by molar-refractivity contribution is 7.16. The third-order valence-corrected chi connectivity index (χ3v) is 5.43. The minimum atomic E-state index is -0.0648. The second-order valence-electron chi connectivity index (χ2n) is 6.44. The summed E-state index contributed by atoms with van der Waals surface area (Å²) < 4.78 is 1.54. The Morgan fingerprint density at radius 3 is 2.91 bits per heavy atom. The normalized spacial score (nSPS) is 21.5. The molecule has 1 aliphatic heterocycles. The number of amides is 1. The van der Waals surface area contributed by atoms with Crippen LogP contribution in [0.25, 0.3) is 10.2 Å². The molecule has 1 saturated heterocycles. The first-order valence-electron chi connectivity index (χ1n) is 7.84. The number of nitrogens with zero attached hydrogens (tertiary/aromatic N) is 4. The van der Waals surface area contributed by atoms with Crippen molar-refractivity contribution in [2.45, 2.75) is 25.9 Å². The van der Waals surface area contributed by atoms with E-state index in [0.29, 0.717) is 30.3 Å². The van der Waals surface area contributed by atoms with Crippen molar-refractivity contribution in [3.8, 4) is 0 Å². The first kappa shape index (κ1) is 16.1. The Morgan fingerprint density at radius 1 is 1.43 bits per heavy atom. The molecular weight excluding hydrogens is 312 g/mol. The SMILES string of the molecule is C[C@H]1CN(C(=O)CCn2cnc3sccc3c2=O)C[C@@H]1N(C)C. The number of hydrogen-bond donors (Lipinski definition) is 0. The van der Waals surface area contributed by atoms with Gasteiger partial charge in [0, 0.05) is 32.1 Å². The largest absolute Gasteiger partial charge is 0.341 e.